The Bertz CT molecular complexity index is 360. The van der Waals surface area contributed by atoms with Crippen LogP contribution in [-0.4, -0.2) is 27.7 Å². The number of aromatic nitrogens is 2. The standard InChI is InChI=1S/C11H16N2O3/c1-4-16-10(15)11(2,3)9-12-5-8(7-14)6-13-9/h5-6,14H,4,7H2,1-3H3. The minimum Gasteiger partial charge on any atom is -0.465 e. The normalized spacial score (nSPS) is 11.2. The highest BCUT2D eigenvalue weighted by molar-refractivity contribution is 5.80. The second-order valence-electron chi connectivity index (χ2n) is 3.92. The Labute approximate surface area is 94.5 Å². The van der Waals surface area contributed by atoms with Crippen LogP contribution in [0.1, 0.15) is 32.2 Å². The molecule has 0 atom stereocenters. The van der Waals surface area contributed by atoms with Crippen LogP contribution in [0.2, 0.25) is 0 Å². The van der Waals surface area contributed by atoms with Crippen molar-refractivity contribution in [1.29, 1.82) is 0 Å². The fourth-order valence-electron chi connectivity index (χ4n) is 1.16. The summed E-state index contributed by atoms with van der Waals surface area (Å²) < 4.78 is 4.95. The zero-order valence-corrected chi connectivity index (χ0v) is 9.73. The molecule has 16 heavy (non-hydrogen) atoms. The molecule has 1 aromatic heterocycles. The summed E-state index contributed by atoms with van der Waals surface area (Å²) in [6.45, 7) is 5.39. The zero-order valence-electron chi connectivity index (χ0n) is 9.73. The molecule has 0 fully saturated rings. The number of aliphatic hydroxyl groups excluding tert-OH is 1. The van der Waals surface area contributed by atoms with Gasteiger partial charge in [-0.25, -0.2) is 9.97 Å². The quantitative estimate of drug-likeness (QED) is 0.766. The summed E-state index contributed by atoms with van der Waals surface area (Å²) >= 11 is 0. The van der Waals surface area contributed by atoms with Gasteiger partial charge in [0.2, 0.25) is 0 Å². The van der Waals surface area contributed by atoms with E-state index in [0.717, 1.165) is 0 Å². The third-order valence-corrected chi connectivity index (χ3v) is 2.23. The molecule has 1 aromatic rings. The van der Waals surface area contributed by atoms with Crippen LogP contribution >= 0.6 is 0 Å². The largest absolute Gasteiger partial charge is 0.465 e. The molecule has 0 aromatic carbocycles. The molecule has 0 spiro atoms. The van der Waals surface area contributed by atoms with Crippen molar-refractivity contribution in [2.24, 2.45) is 0 Å². The van der Waals surface area contributed by atoms with Gasteiger partial charge in [-0.05, 0) is 20.8 Å². The number of aliphatic hydroxyl groups is 1. The molecule has 0 amide bonds. The Hall–Kier alpha value is -1.49. The van der Waals surface area contributed by atoms with E-state index in [4.69, 9.17) is 9.84 Å². The van der Waals surface area contributed by atoms with Crippen molar-refractivity contribution in [2.45, 2.75) is 32.8 Å². The molecule has 0 saturated heterocycles. The molecule has 0 aliphatic rings. The van der Waals surface area contributed by atoms with Crippen LogP contribution in [0.4, 0.5) is 0 Å². The van der Waals surface area contributed by atoms with Crippen molar-refractivity contribution >= 4 is 5.97 Å². The Morgan fingerprint density at radius 1 is 1.44 bits per heavy atom. The maximum absolute atomic E-state index is 11.7. The number of hydrogen-bond acceptors (Lipinski definition) is 5. The van der Waals surface area contributed by atoms with Gasteiger partial charge in [0.1, 0.15) is 11.2 Å². The maximum Gasteiger partial charge on any atom is 0.319 e. The van der Waals surface area contributed by atoms with E-state index < -0.39 is 5.41 Å². The second-order valence-corrected chi connectivity index (χ2v) is 3.92. The molecule has 1 rings (SSSR count). The minimum atomic E-state index is -0.871. The Balaban J connectivity index is 2.93. The lowest BCUT2D eigenvalue weighted by Gasteiger charge is -2.20. The summed E-state index contributed by atoms with van der Waals surface area (Å²) in [7, 11) is 0. The molecule has 1 heterocycles. The van der Waals surface area contributed by atoms with Gasteiger partial charge in [-0.2, -0.15) is 0 Å². The second kappa shape index (κ2) is 5.03. The van der Waals surface area contributed by atoms with Gasteiger partial charge in [0.15, 0.2) is 0 Å². The molecular formula is C11H16N2O3. The van der Waals surface area contributed by atoms with Crippen molar-refractivity contribution in [2.75, 3.05) is 6.61 Å². The van der Waals surface area contributed by atoms with Gasteiger partial charge < -0.3 is 9.84 Å². The number of nitrogens with zero attached hydrogens (tertiary/aromatic N) is 2. The summed E-state index contributed by atoms with van der Waals surface area (Å²) in [5, 5.41) is 8.85. The smallest absolute Gasteiger partial charge is 0.319 e. The van der Waals surface area contributed by atoms with Gasteiger partial charge in [0.25, 0.3) is 0 Å². The van der Waals surface area contributed by atoms with E-state index in [-0.39, 0.29) is 12.6 Å². The molecule has 0 radical (unpaired) electrons. The molecule has 5 nitrogen and oxygen atoms in total. The van der Waals surface area contributed by atoms with Crippen molar-refractivity contribution in [3.05, 3.63) is 23.8 Å². The number of carbonyl (C=O) groups excluding carboxylic acids is 1. The first-order valence-corrected chi connectivity index (χ1v) is 5.11. The highest BCUT2D eigenvalue weighted by Crippen LogP contribution is 2.20. The Kier molecular flexibility index (Phi) is 3.95. The molecular weight excluding hydrogens is 208 g/mol. The average molecular weight is 224 g/mol. The predicted molar refractivity (Wildman–Crippen MR) is 57.6 cm³/mol. The number of hydrogen-bond donors (Lipinski definition) is 1. The number of ether oxygens (including phenoxy) is 1. The van der Waals surface area contributed by atoms with Gasteiger partial charge in [0.05, 0.1) is 13.2 Å². The SMILES string of the molecule is CCOC(=O)C(C)(C)c1ncc(CO)cn1. The van der Waals surface area contributed by atoms with Crippen molar-refractivity contribution in [3.8, 4) is 0 Å². The lowest BCUT2D eigenvalue weighted by Crippen LogP contribution is -2.33. The topological polar surface area (TPSA) is 72.3 Å². The van der Waals surface area contributed by atoms with Crippen LogP contribution in [0.15, 0.2) is 12.4 Å². The minimum absolute atomic E-state index is 0.111. The van der Waals surface area contributed by atoms with Crippen LogP contribution in [-0.2, 0) is 21.6 Å². The number of esters is 1. The van der Waals surface area contributed by atoms with Gasteiger partial charge >= 0.3 is 5.97 Å². The summed E-state index contributed by atoms with van der Waals surface area (Å²) in [5.41, 5.74) is -0.257. The zero-order chi connectivity index (χ0) is 12.2. The van der Waals surface area contributed by atoms with Crippen LogP contribution in [0, 0.1) is 0 Å². The monoisotopic (exact) mass is 224 g/mol. The van der Waals surface area contributed by atoms with E-state index in [2.05, 4.69) is 9.97 Å². The van der Waals surface area contributed by atoms with Gasteiger partial charge in [-0.3, -0.25) is 4.79 Å². The van der Waals surface area contributed by atoms with E-state index in [1.807, 2.05) is 0 Å². The Morgan fingerprint density at radius 2 is 2.00 bits per heavy atom. The Morgan fingerprint density at radius 3 is 2.44 bits per heavy atom. The molecule has 5 heteroatoms. The fourth-order valence-corrected chi connectivity index (χ4v) is 1.16. The van der Waals surface area contributed by atoms with E-state index in [1.165, 1.54) is 12.4 Å². The number of carbonyl (C=O) groups is 1. The predicted octanol–water partition coefficient (Wildman–Crippen LogP) is 0.810. The third kappa shape index (κ3) is 2.55. The molecule has 0 unspecified atom stereocenters. The maximum atomic E-state index is 11.7. The summed E-state index contributed by atoms with van der Waals surface area (Å²) in [6.07, 6.45) is 3.01. The van der Waals surface area contributed by atoms with E-state index >= 15 is 0 Å². The molecule has 0 bridgehead atoms. The van der Waals surface area contributed by atoms with Gasteiger partial charge in [-0.15, -0.1) is 0 Å². The van der Waals surface area contributed by atoms with Crippen LogP contribution < -0.4 is 0 Å². The molecule has 1 N–H and O–H groups in total. The van der Waals surface area contributed by atoms with Crippen molar-refractivity contribution in [1.82, 2.24) is 9.97 Å². The van der Waals surface area contributed by atoms with Crippen LogP contribution in [0.5, 0.6) is 0 Å². The van der Waals surface area contributed by atoms with E-state index in [1.54, 1.807) is 20.8 Å². The molecule has 88 valence electrons. The summed E-state index contributed by atoms with van der Waals surface area (Å²) in [4.78, 5) is 19.8. The average Bonchev–Trinajstić information content (AvgIpc) is 2.29. The molecule has 0 aliphatic heterocycles. The first-order valence-electron chi connectivity index (χ1n) is 5.11. The van der Waals surface area contributed by atoms with E-state index in [9.17, 15) is 4.79 Å². The first-order chi connectivity index (χ1) is 7.52. The summed E-state index contributed by atoms with van der Waals surface area (Å²) in [5.74, 6) is 0.0369. The third-order valence-electron chi connectivity index (χ3n) is 2.23. The lowest BCUT2D eigenvalue weighted by atomic mass is 9.92. The molecule has 0 aliphatic carbocycles. The van der Waals surface area contributed by atoms with Crippen LogP contribution in [0.25, 0.3) is 0 Å². The van der Waals surface area contributed by atoms with Gasteiger partial charge in [-0.1, -0.05) is 0 Å². The van der Waals surface area contributed by atoms with Crippen molar-refractivity contribution < 1.29 is 14.6 Å². The highest BCUT2D eigenvalue weighted by atomic mass is 16.5. The van der Waals surface area contributed by atoms with Crippen LogP contribution in [0.3, 0.4) is 0 Å². The highest BCUT2D eigenvalue weighted by Gasteiger charge is 2.34. The first kappa shape index (κ1) is 12.6. The fraction of sp³-hybridized carbons (Fsp3) is 0.545. The van der Waals surface area contributed by atoms with Crippen molar-refractivity contribution in [3.63, 3.8) is 0 Å². The van der Waals surface area contributed by atoms with Gasteiger partial charge in [0, 0.05) is 18.0 Å². The lowest BCUT2D eigenvalue weighted by molar-refractivity contribution is -0.149. The molecule has 0 saturated carbocycles. The number of rotatable bonds is 4. The van der Waals surface area contributed by atoms with E-state index in [0.29, 0.717) is 18.0 Å². The summed E-state index contributed by atoms with van der Waals surface area (Å²) in [6, 6.07) is 0.